The van der Waals surface area contributed by atoms with Crippen molar-refractivity contribution in [3.8, 4) is 0 Å². The Morgan fingerprint density at radius 1 is 1.23 bits per heavy atom. The van der Waals surface area contributed by atoms with Gasteiger partial charge in [-0.15, -0.1) is 12.6 Å². The van der Waals surface area contributed by atoms with Crippen LogP contribution in [0.1, 0.15) is 42.3 Å². The fraction of sp³-hybridized carbons (Fsp3) is 0.500. The first-order valence-corrected chi connectivity index (χ1v) is 7.29. The summed E-state index contributed by atoms with van der Waals surface area (Å²) in [5.41, 5.74) is 1.41. The molecule has 0 saturated heterocycles. The quantitative estimate of drug-likeness (QED) is 0.666. The molecule has 6 heteroatoms. The molecular weight excluding hydrogens is 304 g/mol. The molecule has 0 heterocycles. The van der Waals surface area contributed by atoms with E-state index in [1.807, 2.05) is 0 Å². The summed E-state index contributed by atoms with van der Waals surface area (Å²) in [5.74, 6) is -0.859. The number of hydrogen-bond donors (Lipinski definition) is 1. The van der Waals surface area contributed by atoms with Crippen LogP contribution in [0, 0.1) is 6.92 Å². The molecule has 0 amide bonds. The van der Waals surface area contributed by atoms with E-state index in [2.05, 4.69) is 12.6 Å². The first kappa shape index (κ1) is 18.5. The molecule has 0 aliphatic heterocycles. The van der Waals surface area contributed by atoms with Crippen molar-refractivity contribution < 1.29 is 23.8 Å². The van der Waals surface area contributed by atoms with E-state index >= 15 is 0 Å². The Bertz CT molecular complexity index is 560. The summed E-state index contributed by atoms with van der Waals surface area (Å²) in [5, 5.41) is 0. The number of carbonyl (C=O) groups excluding carboxylic acids is 2. The third-order valence-electron chi connectivity index (χ3n) is 2.80. The van der Waals surface area contributed by atoms with E-state index in [9.17, 15) is 9.59 Å². The first-order chi connectivity index (χ1) is 10.1. The van der Waals surface area contributed by atoms with Gasteiger partial charge in [-0.3, -0.25) is 0 Å². The van der Waals surface area contributed by atoms with E-state index in [0.29, 0.717) is 10.5 Å². The summed E-state index contributed by atoms with van der Waals surface area (Å²) in [6, 6.07) is 3.43. The molecule has 0 saturated carbocycles. The van der Waals surface area contributed by atoms with Crippen molar-refractivity contribution in [2.75, 3.05) is 13.7 Å². The van der Waals surface area contributed by atoms with Crippen molar-refractivity contribution >= 4 is 24.6 Å². The number of methoxy groups -OCH3 is 1. The van der Waals surface area contributed by atoms with Crippen molar-refractivity contribution in [3.63, 3.8) is 0 Å². The average Bonchev–Trinajstić information content (AvgIpc) is 2.39. The second kappa shape index (κ2) is 7.65. The van der Waals surface area contributed by atoms with Crippen molar-refractivity contribution in [1.29, 1.82) is 0 Å². The summed E-state index contributed by atoms with van der Waals surface area (Å²) < 4.78 is 15.3. The van der Waals surface area contributed by atoms with Crippen LogP contribution in [0.2, 0.25) is 0 Å². The molecule has 0 atom stereocenters. The summed E-state index contributed by atoms with van der Waals surface area (Å²) in [4.78, 5) is 23.9. The van der Waals surface area contributed by atoms with Crippen LogP contribution in [0.3, 0.4) is 0 Å². The van der Waals surface area contributed by atoms with E-state index < -0.39 is 17.5 Å². The molecule has 0 spiro atoms. The standard InChI is InChI=1S/C16H22O5S/c1-10-11(6-12(22)7-13(10)15(18)19-5)8-20-9-14(17)21-16(2,3)4/h6-7,22H,8-9H2,1-5H3. The van der Waals surface area contributed by atoms with Crippen LogP contribution < -0.4 is 0 Å². The molecule has 5 nitrogen and oxygen atoms in total. The Morgan fingerprint density at radius 3 is 2.41 bits per heavy atom. The largest absolute Gasteiger partial charge is 0.465 e. The highest BCUT2D eigenvalue weighted by Crippen LogP contribution is 2.21. The maximum atomic E-state index is 11.7. The number of hydrogen-bond acceptors (Lipinski definition) is 6. The fourth-order valence-corrected chi connectivity index (χ4v) is 2.13. The number of esters is 2. The summed E-state index contributed by atoms with van der Waals surface area (Å²) in [7, 11) is 1.33. The van der Waals surface area contributed by atoms with Gasteiger partial charge in [0.05, 0.1) is 19.3 Å². The predicted octanol–water partition coefficient (Wildman–Crippen LogP) is 2.93. The van der Waals surface area contributed by atoms with Crippen LogP contribution in [0.5, 0.6) is 0 Å². The van der Waals surface area contributed by atoms with E-state index in [1.165, 1.54) is 7.11 Å². The first-order valence-electron chi connectivity index (χ1n) is 6.84. The molecule has 0 bridgehead atoms. The molecule has 1 aromatic carbocycles. The topological polar surface area (TPSA) is 61.8 Å². The number of rotatable bonds is 5. The van der Waals surface area contributed by atoms with Crippen molar-refractivity contribution in [3.05, 3.63) is 28.8 Å². The molecule has 1 rings (SSSR count). The molecule has 1 aromatic rings. The van der Waals surface area contributed by atoms with Crippen LogP contribution in [-0.4, -0.2) is 31.3 Å². The molecule has 0 N–H and O–H groups in total. The van der Waals surface area contributed by atoms with Crippen LogP contribution in [0.25, 0.3) is 0 Å². The van der Waals surface area contributed by atoms with Gasteiger partial charge in [0.1, 0.15) is 12.2 Å². The molecule has 0 unspecified atom stereocenters. The van der Waals surface area contributed by atoms with E-state index in [1.54, 1.807) is 39.8 Å². The monoisotopic (exact) mass is 326 g/mol. The third kappa shape index (κ3) is 5.69. The minimum Gasteiger partial charge on any atom is -0.465 e. The molecule has 0 aliphatic rings. The molecule has 22 heavy (non-hydrogen) atoms. The van der Waals surface area contributed by atoms with Crippen LogP contribution in [-0.2, 0) is 25.6 Å². The highest BCUT2D eigenvalue weighted by Gasteiger charge is 2.17. The van der Waals surface area contributed by atoms with Gasteiger partial charge in [0.15, 0.2) is 0 Å². The van der Waals surface area contributed by atoms with Gasteiger partial charge < -0.3 is 14.2 Å². The lowest BCUT2D eigenvalue weighted by Gasteiger charge is -2.19. The summed E-state index contributed by atoms with van der Waals surface area (Å²) in [6.45, 7) is 7.21. The van der Waals surface area contributed by atoms with Gasteiger partial charge in [0.25, 0.3) is 0 Å². The van der Waals surface area contributed by atoms with Crippen LogP contribution in [0.4, 0.5) is 0 Å². The van der Waals surface area contributed by atoms with E-state index in [-0.39, 0.29) is 13.2 Å². The third-order valence-corrected chi connectivity index (χ3v) is 3.06. The number of benzene rings is 1. The van der Waals surface area contributed by atoms with E-state index in [0.717, 1.165) is 11.1 Å². The highest BCUT2D eigenvalue weighted by atomic mass is 32.1. The lowest BCUT2D eigenvalue weighted by Crippen LogP contribution is -2.26. The zero-order valence-corrected chi connectivity index (χ0v) is 14.5. The van der Waals surface area contributed by atoms with Gasteiger partial charge in [-0.25, -0.2) is 9.59 Å². The normalized spacial score (nSPS) is 11.2. The maximum absolute atomic E-state index is 11.7. The summed E-state index contributed by atoms with van der Waals surface area (Å²) >= 11 is 4.27. The number of thiol groups is 1. The number of carbonyl (C=O) groups is 2. The molecule has 0 aromatic heterocycles. The Balaban J connectivity index is 2.72. The minimum absolute atomic E-state index is 0.152. The Hall–Kier alpha value is -1.53. The van der Waals surface area contributed by atoms with Crippen LogP contribution >= 0.6 is 12.6 Å². The van der Waals surface area contributed by atoms with Gasteiger partial charge in [-0.05, 0) is 51.0 Å². The minimum atomic E-state index is -0.542. The molecule has 122 valence electrons. The van der Waals surface area contributed by atoms with Crippen LogP contribution in [0.15, 0.2) is 17.0 Å². The Kier molecular flexibility index (Phi) is 6.44. The van der Waals surface area contributed by atoms with Gasteiger partial charge in [0, 0.05) is 4.90 Å². The molecule has 0 fully saturated rings. The Morgan fingerprint density at radius 2 is 1.86 bits per heavy atom. The second-order valence-electron chi connectivity index (χ2n) is 5.85. The summed E-state index contributed by atoms with van der Waals surface area (Å²) in [6.07, 6.45) is 0. The molecule has 0 aliphatic carbocycles. The van der Waals surface area contributed by atoms with Crippen molar-refractivity contribution in [2.45, 2.75) is 44.8 Å². The lowest BCUT2D eigenvalue weighted by molar-refractivity contribution is -0.160. The van der Waals surface area contributed by atoms with Gasteiger partial charge in [-0.1, -0.05) is 0 Å². The zero-order chi connectivity index (χ0) is 16.9. The van der Waals surface area contributed by atoms with E-state index in [4.69, 9.17) is 14.2 Å². The van der Waals surface area contributed by atoms with Gasteiger partial charge in [0.2, 0.25) is 0 Å². The SMILES string of the molecule is COC(=O)c1cc(S)cc(COCC(=O)OC(C)(C)C)c1C. The smallest absolute Gasteiger partial charge is 0.338 e. The predicted molar refractivity (Wildman–Crippen MR) is 85.3 cm³/mol. The van der Waals surface area contributed by atoms with Gasteiger partial charge in [-0.2, -0.15) is 0 Å². The Labute approximate surface area is 136 Å². The highest BCUT2D eigenvalue weighted by molar-refractivity contribution is 7.80. The lowest BCUT2D eigenvalue weighted by atomic mass is 10.0. The fourth-order valence-electron chi connectivity index (χ4n) is 1.84. The second-order valence-corrected chi connectivity index (χ2v) is 6.36. The maximum Gasteiger partial charge on any atom is 0.338 e. The molecular formula is C16H22O5S. The van der Waals surface area contributed by atoms with Crippen molar-refractivity contribution in [2.24, 2.45) is 0 Å². The zero-order valence-electron chi connectivity index (χ0n) is 13.6. The average molecular weight is 326 g/mol. The van der Waals surface area contributed by atoms with Gasteiger partial charge >= 0.3 is 11.9 Å². The van der Waals surface area contributed by atoms with Crippen molar-refractivity contribution in [1.82, 2.24) is 0 Å². The number of ether oxygens (including phenoxy) is 3. The molecule has 0 radical (unpaired) electrons.